The second kappa shape index (κ2) is 17.5. The van der Waals surface area contributed by atoms with Crippen molar-refractivity contribution in [3.05, 3.63) is 60.2 Å². The van der Waals surface area contributed by atoms with Gasteiger partial charge in [-0.1, -0.05) is 70.4 Å². The summed E-state index contributed by atoms with van der Waals surface area (Å²) in [5, 5.41) is 0. The number of hydrogen-bond donors (Lipinski definition) is 0. The van der Waals surface area contributed by atoms with Gasteiger partial charge in [-0.15, -0.1) is 0 Å². The minimum atomic E-state index is -4.18. The second-order valence-corrected chi connectivity index (χ2v) is 9.04. The number of halogens is 3. The van der Waals surface area contributed by atoms with Crippen LogP contribution in [0, 0.1) is 0 Å². The predicted molar refractivity (Wildman–Crippen MR) is 141 cm³/mol. The van der Waals surface area contributed by atoms with Gasteiger partial charge in [-0.3, -0.25) is 0 Å². The van der Waals surface area contributed by atoms with E-state index in [2.05, 4.69) is 6.92 Å². The summed E-state index contributed by atoms with van der Waals surface area (Å²) in [4.78, 5) is 12.1. The Morgan fingerprint density at radius 3 is 1.76 bits per heavy atom. The van der Waals surface area contributed by atoms with Crippen molar-refractivity contribution in [2.45, 2.75) is 83.7 Å². The SMILES string of the molecule is CCCCCCCCCCCOc1ccc(C=CC(=O)Oc2ccc(OCCCC(F)(F)F)cc2)cc1. The van der Waals surface area contributed by atoms with Gasteiger partial charge in [-0.2, -0.15) is 13.2 Å². The molecule has 0 amide bonds. The van der Waals surface area contributed by atoms with E-state index in [9.17, 15) is 18.0 Å². The third-order valence-electron chi connectivity index (χ3n) is 5.72. The number of esters is 1. The molecule has 0 atom stereocenters. The van der Waals surface area contributed by atoms with E-state index in [0.717, 1.165) is 17.7 Å². The molecular weight excluding hydrogens is 481 g/mol. The first-order valence-corrected chi connectivity index (χ1v) is 13.3. The van der Waals surface area contributed by atoms with Crippen LogP contribution in [0.2, 0.25) is 0 Å². The number of carbonyl (C=O) groups is 1. The summed E-state index contributed by atoms with van der Waals surface area (Å²) in [6.45, 7) is 2.90. The number of carbonyl (C=O) groups excluding carboxylic acids is 1. The van der Waals surface area contributed by atoms with Gasteiger partial charge in [0.25, 0.3) is 0 Å². The Bertz CT molecular complexity index is 906. The summed E-state index contributed by atoms with van der Waals surface area (Å²) in [7, 11) is 0. The van der Waals surface area contributed by atoms with Crippen molar-refractivity contribution in [2.75, 3.05) is 13.2 Å². The molecule has 0 bridgehead atoms. The first kappa shape index (κ1) is 30.3. The van der Waals surface area contributed by atoms with E-state index in [1.54, 1.807) is 18.2 Å². The molecule has 0 aliphatic rings. The number of ether oxygens (including phenoxy) is 3. The lowest BCUT2D eigenvalue weighted by Gasteiger charge is -2.08. The molecule has 2 aromatic rings. The maximum atomic E-state index is 12.2. The van der Waals surface area contributed by atoms with Crippen molar-refractivity contribution >= 4 is 12.0 Å². The molecule has 2 rings (SSSR count). The molecule has 0 heterocycles. The van der Waals surface area contributed by atoms with Gasteiger partial charge < -0.3 is 14.2 Å². The average Bonchev–Trinajstić information content (AvgIpc) is 2.87. The van der Waals surface area contributed by atoms with Gasteiger partial charge in [-0.25, -0.2) is 4.79 Å². The first-order chi connectivity index (χ1) is 17.9. The summed E-state index contributed by atoms with van der Waals surface area (Å²) >= 11 is 0. The predicted octanol–water partition coefficient (Wildman–Crippen LogP) is 8.94. The fourth-order valence-corrected chi connectivity index (χ4v) is 3.66. The highest BCUT2D eigenvalue weighted by atomic mass is 19.4. The van der Waals surface area contributed by atoms with Gasteiger partial charge in [0.05, 0.1) is 13.2 Å². The van der Waals surface area contributed by atoms with Crippen molar-refractivity contribution in [1.29, 1.82) is 0 Å². The van der Waals surface area contributed by atoms with Gasteiger partial charge in [0.15, 0.2) is 0 Å². The number of rotatable bonds is 18. The molecule has 0 unspecified atom stereocenters. The average molecular weight is 521 g/mol. The first-order valence-electron chi connectivity index (χ1n) is 13.3. The molecule has 0 radical (unpaired) electrons. The van der Waals surface area contributed by atoms with Gasteiger partial charge in [0, 0.05) is 12.5 Å². The molecule has 0 aliphatic heterocycles. The highest BCUT2D eigenvalue weighted by Gasteiger charge is 2.26. The standard InChI is InChI=1S/C30H39F3O4/c1-2-3-4-5-6-7-8-9-10-23-35-26-15-12-25(13-16-26)14-21-29(34)37-28-19-17-27(18-20-28)36-24-11-22-30(31,32)33/h12-21H,2-11,22-24H2,1H3. The zero-order valence-corrected chi connectivity index (χ0v) is 21.7. The maximum Gasteiger partial charge on any atom is 0.389 e. The highest BCUT2D eigenvalue weighted by molar-refractivity contribution is 5.88. The Labute approximate surface area is 218 Å². The van der Waals surface area contributed by atoms with E-state index in [-0.39, 0.29) is 13.0 Å². The van der Waals surface area contributed by atoms with E-state index in [4.69, 9.17) is 14.2 Å². The smallest absolute Gasteiger partial charge is 0.389 e. The van der Waals surface area contributed by atoms with Gasteiger partial charge in [-0.05, 0) is 60.9 Å². The Morgan fingerprint density at radius 2 is 1.19 bits per heavy atom. The number of hydrogen-bond acceptors (Lipinski definition) is 4. The minimum Gasteiger partial charge on any atom is -0.494 e. The minimum absolute atomic E-state index is 0.0372. The molecule has 0 saturated heterocycles. The molecule has 4 nitrogen and oxygen atoms in total. The maximum absolute atomic E-state index is 12.2. The Balaban J connectivity index is 1.61. The Kier molecular flexibility index (Phi) is 14.3. The molecule has 0 aliphatic carbocycles. The number of benzene rings is 2. The summed E-state index contributed by atoms with van der Waals surface area (Å²) in [6.07, 6.45) is 9.30. The lowest BCUT2D eigenvalue weighted by atomic mass is 10.1. The lowest BCUT2D eigenvalue weighted by Crippen LogP contribution is -2.09. The van der Waals surface area contributed by atoms with Crippen LogP contribution >= 0.6 is 0 Å². The van der Waals surface area contributed by atoms with Crippen LogP contribution in [-0.4, -0.2) is 25.4 Å². The van der Waals surface area contributed by atoms with Crippen LogP contribution in [0.15, 0.2) is 54.6 Å². The van der Waals surface area contributed by atoms with Crippen LogP contribution < -0.4 is 14.2 Å². The van der Waals surface area contributed by atoms with Crippen LogP contribution in [0.4, 0.5) is 13.2 Å². The number of alkyl halides is 3. The lowest BCUT2D eigenvalue weighted by molar-refractivity contribution is -0.136. The van der Waals surface area contributed by atoms with Crippen LogP contribution in [0.1, 0.15) is 83.1 Å². The van der Waals surface area contributed by atoms with Crippen molar-refractivity contribution in [2.24, 2.45) is 0 Å². The molecule has 7 heteroatoms. The molecule has 2 aromatic carbocycles. The molecule has 0 N–H and O–H groups in total. The monoisotopic (exact) mass is 520 g/mol. The summed E-state index contributed by atoms with van der Waals surface area (Å²) in [6, 6.07) is 13.7. The summed E-state index contributed by atoms with van der Waals surface area (Å²) in [5.41, 5.74) is 0.843. The fourth-order valence-electron chi connectivity index (χ4n) is 3.66. The van der Waals surface area contributed by atoms with Gasteiger partial charge in [0.1, 0.15) is 17.2 Å². The van der Waals surface area contributed by atoms with E-state index < -0.39 is 18.6 Å². The van der Waals surface area contributed by atoms with E-state index in [1.807, 2.05) is 24.3 Å². The molecule has 0 spiro atoms. The summed E-state index contributed by atoms with van der Waals surface area (Å²) < 4.78 is 52.8. The zero-order chi connectivity index (χ0) is 26.8. The molecule has 204 valence electrons. The van der Waals surface area contributed by atoms with Crippen molar-refractivity contribution in [3.8, 4) is 17.2 Å². The molecule has 0 fully saturated rings. The molecule has 0 saturated carbocycles. The normalized spacial score (nSPS) is 11.6. The van der Waals surface area contributed by atoms with Crippen LogP contribution in [-0.2, 0) is 4.79 Å². The third-order valence-corrected chi connectivity index (χ3v) is 5.72. The van der Waals surface area contributed by atoms with Crippen LogP contribution in [0.5, 0.6) is 17.2 Å². The van der Waals surface area contributed by atoms with Crippen LogP contribution in [0.3, 0.4) is 0 Å². The Hall–Kier alpha value is -2.96. The van der Waals surface area contributed by atoms with E-state index in [1.165, 1.54) is 69.6 Å². The Morgan fingerprint density at radius 1 is 0.703 bits per heavy atom. The fraction of sp³-hybridized carbons (Fsp3) is 0.500. The topological polar surface area (TPSA) is 44.8 Å². The second-order valence-electron chi connectivity index (χ2n) is 9.04. The van der Waals surface area contributed by atoms with Crippen molar-refractivity contribution < 1.29 is 32.2 Å². The third kappa shape index (κ3) is 15.0. The zero-order valence-electron chi connectivity index (χ0n) is 21.7. The van der Waals surface area contributed by atoms with E-state index in [0.29, 0.717) is 18.1 Å². The quantitative estimate of drug-likeness (QED) is 0.0852. The van der Waals surface area contributed by atoms with Gasteiger partial charge in [0.2, 0.25) is 0 Å². The van der Waals surface area contributed by atoms with Crippen molar-refractivity contribution in [3.63, 3.8) is 0 Å². The molecule has 37 heavy (non-hydrogen) atoms. The van der Waals surface area contributed by atoms with Crippen molar-refractivity contribution in [1.82, 2.24) is 0 Å². The largest absolute Gasteiger partial charge is 0.494 e. The van der Waals surface area contributed by atoms with Gasteiger partial charge >= 0.3 is 12.1 Å². The molecule has 0 aromatic heterocycles. The van der Waals surface area contributed by atoms with Crippen LogP contribution in [0.25, 0.3) is 6.08 Å². The number of unbranched alkanes of at least 4 members (excludes halogenated alkanes) is 8. The molecular formula is C30H39F3O4. The van der Waals surface area contributed by atoms with E-state index >= 15 is 0 Å². The summed E-state index contributed by atoms with van der Waals surface area (Å²) in [5.74, 6) is 1.000. The highest BCUT2D eigenvalue weighted by Crippen LogP contribution is 2.22.